The van der Waals surface area contributed by atoms with Gasteiger partial charge in [0.15, 0.2) is 6.10 Å². The van der Waals surface area contributed by atoms with Crippen molar-refractivity contribution in [2.75, 3.05) is 13.2 Å². The van der Waals surface area contributed by atoms with Crippen LogP contribution in [0.2, 0.25) is 0 Å². The van der Waals surface area contributed by atoms with E-state index in [-0.39, 0.29) is 31.6 Å². The van der Waals surface area contributed by atoms with Crippen LogP contribution in [0.5, 0.6) is 0 Å². The van der Waals surface area contributed by atoms with Crippen molar-refractivity contribution >= 4 is 17.9 Å². The third-order valence-corrected chi connectivity index (χ3v) is 14.9. The molecule has 0 aromatic heterocycles. The normalized spacial score (nSPS) is 12.7. The Morgan fingerprint density at radius 2 is 0.525 bits per heavy atom. The van der Waals surface area contributed by atoms with Gasteiger partial charge in [-0.15, -0.1) is 0 Å². The summed E-state index contributed by atoms with van der Waals surface area (Å²) in [6, 6.07) is 0. The number of hydrogen-bond donors (Lipinski definition) is 0. The molecule has 0 fully saturated rings. The summed E-state index contributed by atoms with van der Waals surface area (Å²) in [5.41, 5.74) is 0. The summed E-state index contributed by atoms with van der Waals surface area (Å²) in [7, 11) is 0. The molecule has 6 heteroatoms. The molecule has 0 aliphatic rings. The maximum atomic E-state index is 12.8. The van der Waals surface area contributed by atoms with Crippen LogP contribution in [0.3, 0.4) is 0 Å². The summed E-state index contributed by atoms with van der Waals surface area (Å²) in [4.78, 5) is 38.2. The van der Waals surface area contributed by atoms with Gasteiger partial charge in [0.2, 0.25) is 0 Å². The van der Waals surface area contributed by atoms with Crippen molar-refractivity contribution in [3.05, 3.63) is 97.2 Å². The van der Waals surface area contributed by atoms with Crippen molar-refractivity contribution in [3.63, 3.8) is 0 Å². The lowest BCUT2D eigenvalue weighted by atomic mass is 10.0. The standard InChI is InChI=1S/C74H128O6/c1-4-7-10-13-16-19-22-25-27-28-29-30-31-32-33-34-35-36-37-38-39-40-41-42-43-44-45-47-49-52-55-58-61-64-67-73(76)79-70-71(69-78-72(75)66-63-60-57-54-51-48-24-21-18-15-12-9-6-3)80-74(77)68-65-62-59-56-53-50-46-26-23-20-17-14-11-8-5-2/h8-9,11-12,17-18,20-21,26,46,48,51,53,56,62,65,71H,4-7,10,13-16,19,22-25,27-45,47,49-50,52,54-55,57-61,63-64,66-70H2,1-3H3/b11-8-,12-9-,20-17-,21-18-,46-26-,51-48-,56-53-,65-62-. The summed E-state index contributed by atoms with van der Waals surface area (Å²) in [6.45, 7) is 6.33. The lowest BCUT2D eigenvalue weighted by Gasteiger charge is -2.18. The van der Waals surface area contributed by atoms with Crippen LogP contribution in [0.15, 0.2) is 97.2 Å². The molecule has 0 N–H and O–H groups in total. The van der Waals surface area contributed by atoms with Gasteiger partial charge in [0.25, 0.3) is 0 Å². The monoisotopic (exact) mass is 1110 g/mol. The van der Waals surface area contributed by atoms with Gasteiger partial charge < -0.3 is 14.2 Å². The Balaban J connectivity index is 4.14. The molecule has 0 saturated heterocycles. The molecule has 0 aliphatic heterocycles. The quantitative estimate of drug-likeness (QED) is 0.0261. The van der Waals surface area contributed by atoms with E-state index in [2.05, 4.69) is 106 Å². The van der Waals surface area contributed by atoms with Gasteiger partial charge in [-0.2, -0.15) is 0 Å². The molecule has 0 aromatic rings. The van der Waals surface area contributed by atoms with E-state index in [1.807, 2.05) is 6.08 Å². The molecule has 460 valence electrons. The lowest BCUT2D eigenvalue weighted by Crippen LogP contribution is -2.30. The molecule has 1 atom stereocenters. The first kappa shape index (κ1) is 76.3. The fraction of sp³-hybridized carbons (Fsp3) is 0.743. The second-order valence-electron chi connectivity index (χ2n) is 22.7. The van der Waals surface area contributed by atoms with Crippen LogP contribution in [-0.2, 0) is 28.6 Å². The average molecular weight is 1110 g/mol. The molecule has 0 radical (unpaired) electrons. The third kappa shape index (κ3) is 65.1. The van der Waals surface area contributed by atoms with E-state index in [1.54, 1.807) is 6.08 Å². The second-order valence-corrected chi connectivity index (χ2v) is 22.7. The number of esters is 3. The fourth-order valence-electron chi connectivity index (χ4n) is 9.83. The number of carbonyl (C=O) groups is 3. The summed E-state index contributed by atoms with van der Waals surface area (Å²) < 4.78 is 16.8. The SMILES string of the molecule is CC/C=C\C/C=C\C/C=C\C/C=C\C/C=C\CC(=O)OC(COC(=O)CCCCC/C=C\C/C=C\C/C=C\CC)COC(=O)CCCCCCCCCCCCCCCCCCCCCCCCCCCCCCCCCCCC. The molecule has 80 heavy (non-hydrogen) atoms. The Hall–Kier alpha value is -3.67. The lowest BCUT2D eigenvalue weighted by molar-refractivity contribution is -0.166. The minimum atomic E-state index is -0.844. The van der Waals surface area contributed by atoms with Gasteiger partial charge >= 0.3 is 17.9 Å². The summed E-state index contributed by atoms with van der Waals surface area (Å²) in [5, 5.41) is 0. The number of carbonyl (C=O) groups excluding carboxylic acids is 3. The summed E-state index contributed by atoms with van der Waals surface area (Å²) in [6.07, 6.45) is 92.2. The highest BCUT2D eigenvalue weighted by molar-refractivity contribution is 5.72. The first-order chi connectivity index (χ1) is 39.5. The number of unbranched alkanes of at least 4 members (excludes halogenated alkanes) is 36. The van der Waals surface area contributed by atoms with E-state index in [1.165, 1.54) is 199 Å². The molecule has 0 saturated carbocycles. The average Bonchev–Trinajstić information content (AvgIpc) is 3.46. The van der Waals surface area contributed by atoms with Crippen LogP contribution < -0.4 is 0 Å². The van der Waals surface area contributed by atoms with Crippen LogP contribution in [-0.4, -0.2) is 37.2 Å². The van der Waals surface area contributed by atoms with Crippen molar-refractivity contribution in [2.45, 2.75) is 341 Å². The van der Waals surface area contributed by atoms with Crippen molar-refractivity contribution in [1.82, 2.24) is 0 Å². The summed E-state index contributed by atoms with van der Waals surface area (Å²) in [5.74, 6) is -1.08. The molecule has 0 aromatic carbocycles. The molecule has 6 nitrogen and oxygen atoms in total. The largest absolute Gasteiger partial charge is 0.462 e. The number of ether oxygens (including phenoxy) is 3. The molecule has 0 rings (SSSR count). The third-order valence-electron chi connectivity index (χ3n) is 14.9. The Labute approximate surface area is 496 Å². The van der Waals surface area contributed by atoms with E-state index < -0.39 is 12.1 Å². The van der Waals surface area contributed by atoms with E-state index in [0.717, 1.165) is 89.9 Å². The zero-order valence-electron chi connectivity index (χ0n) is 52.8. The minimum absolute atomic E-state index is 0.0900. The van der Waals surface area contributed by atoms with E-state index >= 15 is 0 Å². The molecule has 0 aliphatic carbocycles. The van der Waals surface area contributed by atoms with Crippen molar-refractivity contribution < 1.29 is 28.6 Å². The van der Waals surface area contributed by atoms with Crippen molar-refractivity contribution in [1.29, 1.82) is 0 Å². The fourth-order valence-corrected chi connectivity index (χ4v) is 9.83. The Kier molecular flexibility index (Phi) is 64.7. The number of rotatable bonds is 62. The van der Waals surface area contributed by atoms with Gasteiger partial charge in [-0.1, -0.05) is 336 Å². The van der Waals surface area contributed by atoms with Crippen LogP contribution >= 0.6 is 0 Å². The van der Waals surface area contributed by atoms with Gasteiger partial charge in [-0.3, -0.25) is 14.4 Å². The second kappa shape index (κ2) is 67.8. The molecule has 1 unspecified atom stereocenters. The highest BCUT2D eigenvalue weighted by Gasteiger charge is 2.19. The van der Waals surface area contributed by atoms with Crippen LogP contribution in [0.1, 0.15) is 335 Å². The topological polar surface area (TPSA) is 78.9 Å². The number of hydrogen-bond acceptors (Lipinski definition) is 6. The highest BCUT2D eigenvalue weighted by atomic mass is 16.6. The smallest absolute Gasteiger partial charge is 0.310 e. The first-order valence-corrected chi connectivity index (χ1v) is 34.2. The Bertz CT molecular complexity index is 1560. The predicted molar refractivity (Wildman–Crippen MR) is 348 cm³/mol. The molecular weight excluding hydrogens is 985 g/mol. The van der Waals surface area contributed by atoms with E-state index in [0.29, 0.717) is 19.3 Å². The van der Waals surface area contributed by atoms with Crippen LogP contribution in [0.25, 0.3) is 0 Å². The Morgan fingerprint density at radius 3 is 0.825 bits per heavy atom. The van der Waals surface area contributed by atoms with Crippen LogP contribution in [0.4, 0.5) is 0 Å². The molecule has 0 heterocycles. The Morgan fingerprint density at radius 1 is 0.275 bits per heavy atom. The van der Waals surface area contributed by atoms with Gasteiger partial charge in [0.1, 0.15) is 13.2 Å². The molecular formula is C74H128O6. The molecule has 0 bridgehead atoms. The highest BCUT2D eigenvalue weighted by Crippen LogP contribution is 2.18. The zero-order chi connectivity index (χ0) is 57.8. The maximum Gasteiger partial charge on any atom is 0.310 e. The van der Waals surface area contributed by atoms with Crippen LogP contribution in [0, 0.1) is 0 Å². The summed E-state index contributed by atoms with van der Waals surface area (Å²) >= 11 is 0. The van der Waals surface area contributed by atoms with Crippen molar-refractivity contribution in [3.8, 4) is 0 Å². The van der Waals surface area contributed by atoms with Gasteiger partial charge in [-0.05, 0) is 77.0 Å². The van der Waals surface area contributed by atoms with Gasteiger partial charge in [-0.25, -0.2) is 0 Å². The maximum absolute atomic E-state index is 12.8. The molecule has 0 amide bonds. The van der Waals surface area contributed by atoms with E-state index in [9.17, 15) is 14.4 Å². The van der Waals surface area contributed by atoms with Gasteiger partial charge in [0.05, 0.1) is 6.42 Å². The molecule has 0 spiro atoms. The van der Waals surface area contributed by atoms with Gasteiger partial charge in [0, 0.05) is 12.8 Å². The van der Waals surface area contributed by atoms with Crippen molar-refractivity contribution in [2.24, 2.45) is 0 Å². The first-order valence-electron chi connectivity index (χ1n) is 34.2. The number of allylic oxidation sites excluding steroid dienone is 15. The predicted octanol–water partition coefficient (Wildman–Crippen LogP) is 23.6. The minimum Gasteiger partial charge on any atom is -0.462 e. The van der Waals surface area contributed by atoms with E-state index in [4.69, 9.17) is 14.2 Å². The zero-order valence-corrected chi connectivity index (χ0v) is 52.8.